The molecule has 36 heavy (non-hydrogen) atoms. The van der Waals surface area contributed by atoms with Crippen LogP contribution in [0, 0.1) is 0 Å². The summed E-state index contributed by atoms with van der Waals surface area (Å²) in [6.07, 6.45) is 8.07. The van der Waals surface area contributed by atoms with Crippen LogP contribution in [-0.4, -0.2) is 62.6 Å². The highest BCUT2D eigenvalue weighted by atomic mass is 32.1. The third kappa shape index (κ3) is 6.74. The fourth-order valence-corrected chi connectivity index (χ4v) is 4.29. The number of oxazole rings is 1. The smallest absolute Gasteiger partial charge is 0.270 e. The van der Waals surface area contributed by atoms with Gasteiger partial charge in [-0.15, -0.1) is 0 Å². The molecule has 11 heteroatoms. The maximum Gasteiger partial charge on any atom is 0.270 e. The molecule has 192 valence electrons. The first-order valence-corrected chi connectivity index (χ1v) is 12.0. The molecule has 0 radical (unpaired) electrons. The maximum absolute atomic E-state index is 12.5. The summed E-state index contributed by atoms with van der Waals surface area (Å²) in [5.41, 5.74) is 2.75. The van der Waals surface area contributed by atoms with Crippen molar-refractivity contribution in [3.05, 3.63) is 65.8 Å². The quantitative estimate of drug-likeness (QED) is 0.375. The second kappa shape index (κ2) is 12.2. The molecule has 10 nitrogen and oxygen atoms in total. The summed E-state index contributed by atoms with van der Waals surface area (Å²) in [5.74, 6) is 1.83. The highest BCUT2D eigenvalue weighted by molar-refractivity contribution is 7.59. The van der Waals surface area contributed by atoms with Crippen LogP contribution in [0.5, 0.6) is 5.75 Å². The molecule has 2 aromatic heterocycles. The summed E-state index contributed by atoms with van der Waals surface area (Å²) in [7, 11) is 0. The second-order valence-electron chi connectivity index (χ2n) is 9.10. The standard InChI is InChI=1S/C25H30N6O4.H2S/c32-20(10-27-25(33)23-9-24(29-15-28-23)30-19-2-1-3-19)13-31-7-6-17-8-21(5-4-18(17)12-31)34-14-22-11-26-16-35-22;/h4-5,8-9,11,15-16,19-20,32H,1-3,6-7,10,12-14H2,(H,27,33)(H,28,29,30);1H2/t20-;/m0./s1. The van der Waals surface area contributed by atoms with Gasteiger partial charge in [-0.3, -0.25) is 9.69 Å². The van der Waals surface area contributed by atoms with Crippen molar-refractivity contribution in [3.63, 3.8) is 0 Å². The van der Waals surface area contributed by atoms with Gasteiger partial charge in [-0.2, -0.15) is 13.5 Å². The molecule has 1 aliphatic carbocycles. The highest BCUT2D eigenvalue weighted by Crippen LogP contribution is 2.25. The molecule has 1 aromatic carbocycles. The predicted octanol–water partition coefficient (Wildman–Crippen LogP) is 2.27. The Bertz CT molecular complexity index is 1140. The number of aliphatic hydroxyl groups is 1. The number of carbonyl (C=O) groups is 1. The van der Waals surface area contributed by atoms with Crippen molar-refractivity contribution in [2.45, 2.75) is 51.0 Å². The molecule has 0 spiro atoms. The van der Waals surface area contributed by atoms with Gasteiger partial charge in [0.25, 0.3) is 5.91 Å². The van der Waals surface area contributed by atoms with Gasteiger partial charge >= 0.3 is 0 Å². The largest absolute Gasteiger partial charge is 0.486 e. The first kappa shape index (κ1) is 25.9. The first-order chi connectivity index (χ1) is 17.1. The van der Waals surface area contributed by atoms with Crippen molar-refractivity contribution in [2.75, 3.05) is 25.0 Å². The Morgan fingerprint density at radius 2 is 2.14 bits per heavy atom. The van der Waals surface area contributed by atoms with E-state index in [0.29, 0.717) is 36.5 Å². The van der Waals surface area contributed by atoms with E-state index in [1.54, 1.807) is 12.3 Å². The van der Waals surface area contributed by atoms with Gasteiger partial charge in [0.05, 0.1) is 12.3 Å². The number of hydrogen-bond donors (Lipinski definition) is 3. The lowest BCUT2D eigenvalue weighted by atomic mass is 9.93. The zero-order chi connectivity index (χ0) is 24.0. The number of benzene rings is 1. The molecule has 0 bridgehead atoms. The van der Waals surface area contributed by atoms with Crippen LogP contribution in [0.4, 0.5) is 5.82 Å². The van der Waals surface area contributed by atoms with Crippen molar-refractivity contribution in [3.8, 4) is 5.75 Å². The van der Waals surface area contributed by atoms with Gasteiger partial charge in [0, 0.05) is 38.3 Å². The van der Waals surface area contributed by atoms with Crippen LogP contribution in [0.15, 0.2) is 47.6 Å². The molecule has 1 fully saturated rings. The third-order valence-corrected chi connectivity index (χ3v) is 6.46. The minimum atomic E-state index is -0.681. The molecule has 1 amide bonds. The minimum Gasteiger partial charge on any atom is -0.486 e. The number of ether oxygens (including phenoxy) is 1. The Labute approximate surface area is 216 Å². The van der Waals surface area contributed by atoms with E-state index < -0.39 is 6.10 Å². The normalized spacial score (nSPS) is 16.2. The van der Waals surface area contributed by atoms with Gasteiger partial charge < -0.3 is 24.9 Å². The zero-order valence-corrected chi connectivity index (χ0v) is 21.0. The van der Waals surface area contributed by atoms with Crippen molar-refractivity contribution >= 4 is 25.2 Å². The predicted molar refractivity (Wildman–Crippen MR) is 138 cm³/mol. The fourth-order valence-electron chi connectivity index (χ4n) is 4.29. The molecule has 1 saturated carbocycles. The summed E-state index contributed by atoms with van der Waals surface area (Å²) >= 11 is 0. The number of β-amino-alcohol motifs (C(OH)–C–C–N with tert-alkyl or cyclic N) is 1. The number of carbonyl (C=O) groups excluding carboxylic acids is 1. The van der Waals surface area contributed by atoms with Crippen LogP contribution >= 0.6 is 13.5 Å². The molecular weight excluding hydrogens is 480 g/mol. The zero-order valence-electron chi connectivity index (χ0n) is 20.0. The lowest BCUT2D eigenvalue weighted by molar-refractivity contribution is 0.0838. The number of nitrogens with zero attached hydrogens (tertiary/aromatic N) is 4. The maximum atomic E-state index is 12.5. The van der Waals surface area contributed by atoms with Crippen molar-refractivity contribution in [1.82, 2.24) is 25.2 Å². The topological polar surface area (TPSA) is 126 Å². The molecule has 0 saturated heterocycles. The Hall–Kier alpha value is -3.15. The molecule has 5 rings (SSSR count). The van der Waals surface area contributed by atoms with Gasteiger partial charge in [-0.25, -0.2) is 15.0 Å². The minimum absolute atomic E-state index is 0. The molecule has 2 aliphatic rings. The number of nitrogens with one attached hydrogen (secondary N) is 2. The van der Waals surface area contributed by atoms with E-state index in [1.165, 1.54) is 30.3 Å². The van der Waals surface area contributed by atoms with E-state index in [-0.39, 0.29) is 25.9 Å². The Morgan fingerprint density at radius 3 is 2.92 bits per heavy atom. The number of amides is 1. The molecule has 1 aliphatic heterocycles. The summed E-state index contributed by atoms with van der Waals surface area (Å²) in [5, 5.41) is 16.6. The molecule has 1 atom stereocenters. The Kier molecular flexibility index (Phi) is 8.79. The Morgan fingerprint density at radius 1 is 1.25 bits per heavy atom. The van der Waals surface area contributed by atoms with Gasteiger partial charge in [-0.05, 0) is 48.9 Å². The Balaban J connectivity index is 0.00000304. The summed E-state index contributed by atoms with van der Waals surface area (Å²) in [6.45, 7) is 2.54. The lowest BCUT2D eigenvalue weighted by Crippen LogP contribution is -2.42. The number of hydrogen-bond acceptors (Lipinski definition) is 9. The molecular formula is C25H32N6O4S. The third-order valence-electron chi connectivity index (χ3n) is 6.46. The van der Waals surface area contributed by atoms with Crippen LogP contribution in [0.1, 0.15) is 46.6 Å². The number of fused-ring (bicyclic) bond motifs is 1. The average molecular weight is 513 g/mol. The monoisotopic (exact) mass is 512 g/mol. The average Bonchev–Trinajstić information content (AvgIpc) is 3.37. The van der Waals surface area contributed by atoms with Crippen molar-refractivity contribution in [1.29, 1.82) is 0 Å². The molecule has 3 aromatic rings. The van der Waals surface area contributed by atoms with Crippen LogP contribution in [0.3, 0.4) is 0 Å². The van der Waals surface area contributed by atoms with E-state index in [2.05, 4.69) is 42.6 Å². The fraction of sp³-hybridized carbons (Fsp3) is 0.440. The summed E-state index contributed by atoms with van der Waals surface area (Å²) in [6, 6.07) is 8.16. The van der Waals surface area contributed by atoms with Gasteiger partial charge in [0.1, 0.15) is 30.2 Å². The van der Waals surface area contributed by atoms with E-state index in [4.69, 9.17) is 9.15 Å². The number of rotatable bonds is 10. The van der Waals surface area contributed by atoms with Crippen molar-refractivity contribution < 1.29 is 19.1 Å². The van der Waals surface area contributed by atoms with Crippen molar-refractivity contribution in [2.24, 2.45) is 0 Å². The second-order valence-corrected chi connectivity index (χ2v) is 9.10. The van der Waals surface area contributed by atoms with E-state index >= 15 is 0 Å². The summed E-state index contributed by atoms with van der Waals surface area (Å²) < 4.78 is 11.0. The number of aliphatic hydroxyl groups excluding tert-OH is 1. The number of anilines is 1. The van der Waals surface area contributed by atoms with Crippen LogP contribution in [0.25, 0.3) is 0 Å². The van der Waals surface area contributed by atoms with Crippen LogP contribution < -0.4 is 15.4 Å². The molecule has 3 heterocycles. The van der Waals surface area contributed by atoms with Crippen LogP contribution in [0.2, 0.25) is 0 Å². The van der Waals surface area contributed by atoms with E-state index in [9.17, 15) is 9.90 Å². The highest BCUT2D eigenvalue weighted by Gasteiger charge is 2.21. The summed E-state index contributed by atoms with van der Waals surface area (Å²) in [4.78, 5) is 26.9. The van der Waals surface area contributed by atoms with Gasteiger partial charge in [0.15, 0.2) is 12.2 Å². The van der Waals surface area contributed by atoms with E-state index in [1.807, 2.05) is 6.07 Å². The van der Waals surface area contributed by atoms with Crippen LogP contribution in [-0.2, 0) is 19.6 Å². The first-order valence-electron chi connectivity index (χ1n) is 12.0. The SMILES string of the molecule is O=C(NC[C@H](O)CN1CCc2cc(OCc3cnco3)ccc2C1)c1cc(NC2CCC2)ncn1.S. The van der Waals surface area contributed by atoms with Gasteiger partial charge in [-0.1, -0.05) is 6.07 Å². The van der Waals surface area contributed by atoms with Gasteiger partial charge in [0.2, 0.25) is 0 Å². The van der Waals surface area contributed by atoms with E-state index in [0.717, 1.165) is 38.1 Å². The lowest BCUT2D eigenvalue weighted by Gasteiger charge is -2.30. The number of aromatic nitrogens is 3. The molecule has 0 unspecified atom stereocenters. The molecule has 3 N–H and O–H groups in total.